The first-order valence-electron chi connectivity index (χ1n) is 4.56. The zero-order chi connectivity index (χ0) is 11.5. The largest absolute Gasteiger partial charge is 0.404 e. The van der Waals surface area contributed by atoms with E-state index in [9.17, 15) is 21.6 Å². The molecule has 1 aliphatic heterocycles. The second-order valence-corrected chi connectivity index (χ2v) is 5.27. The van der Waals surface area contributed by atoms with Crippen molar-refractivity contribution < 1.29 is 21.6 Å². The maximum absolute atomic E-state index is 11.9. The highest BCUT2D eigenvalue weighted by molar-refractivity contribution is 7.89. The van der Waals surface area contributed by atoms with Gasteiger partial charge in [0.25, 0.3) is 0 Å². The average molecular weight is 246 g/mol. The fraction of sp³-hybridized carbons (Fsp3) is 1.00. The van der Waals surface area contributed by atoms with Gasteiger partial charge < -0.3 is 5.32 Å². The Hall–Kier alpha value is -0.340. The number of piperidine rings is 1. The number of alkyl halides is 3. The Labute approximate surface area is 86.3 Å². The van der Waals surface area contributed by atoms with Gasteiger partial charge in [-0.05, 0) is 25.9 Å². The molecule has 0 aromatic heterocycles. The van der Waals surface area contributed by atoms with Gasteiger partial charge in [-0.25, -0.2) is 13.1 Å². The van der Waals surface area contributed by atoms with Crippen LogP contribution in [0.2, 0.25) is 0 Å². The average Bonchev–Trinajstić information content (AvgIpc) is 1.99. The summed E-state index contributed by atoms with van der Waals surface area (Å²) in [7, 11) is -4.24. The lowest BCUT2D eigenvalue weighted by Gasteiger charge is -2.23. The van der Waals surface area contributed by atoms with Crippen LogP contribution in [-0.4, -0.2) is 39.5 Å². The summed E-state index contributed by atoms with van der Waals surface area (Å²) in [5.74, 6) is -1.80. The smallest absolute Gasteiger partial charge is 0.317 e. The number of nitrogens with one attached hydrogen (secondary N) is 2. The highest BCUT2D eigenvalue weighted by atomic mass is 32.2. The molecule has 1 rings (SSSR count). The van der Waals surface area contributed by atoms with Crippen molar-refractivity contribution in [2.45, 2.75) is 25.1 Å². The van der Waals surface area contributed by atoms with Gasteiger partial charge in [-0.1, -0.05) is 0 Å². The lowest BCUT2D eigenvalue weighted by molar-refractivity contribution is -0.106. The molecule has 0 unspecified atom stereocenters. The van der Waals surface area contributed by atoms with E-state index in [0.29, 0.717) is 25.9 Å². The van der Waals surface area contributed by atoms with Gasteiger partial charge in [0.05, 0.1) is 0 Å². The number of hydrogen-bond donors (Lipinski definition) is 2. The third-order valence-electron chi connectivity index (χ3n) is 2.04. The zero-order valence-electron chi connectivity index (χ0n) is 7.97. The summed E-state index contributed by atoms with van der Waals surface area (Å²) >= 11 is 0. The van der Waals surface area contributed by atoms with E-state index in [0.717, 1.165) is 0 Å². The Kier molecular flexibility index (Phi) is 3.96. The fourth-order valence-corrected chi connectivity index (χ4v) is 2.71. The van der Waals surface area contributed by atoms with E-state index < -0.39 is 22.0 Å². The molecule has 1 heterocycles. The van der Waals surface area contributed by atoms with Gasteiger partial charge in [0.1, 0.15) is 0 Å². The SMILES string of the molecule is O=S(=O)(CC(F)(F)F)NC1CCNCC1. The van der Waals surface area contributed by atoms with Gasteiger partial charge in [-0.3, -0.25) is 0 Å². The first kappa shape index (κ1) is 12.7. The van der Waals surface area contributed by atoms with Crippen LogP contribution in [-0.2, 0) is 10.0 Å². The van der Waals surface area contributed by atoms with Crippen molar-refractivity contribution in [3.05, 3.63) is 0 Å². The van der Waals surface area contributed by atoms with Crippen LogP contribution in [0.3, 0.4) is 0 Å². The third-order valence-corrected chi connectivity index (χ3v) is 3.44. The van der Waals surface area contributed by atoms with E-state index >= 15 is 0 Å². The molecule has 1 saturated heterocycles. The van der Waals surface area contributed by atoms with Crippen LogP contribution in [0.25, 0.3) is 0 Å². The van der Waals surface area contributed by atoms with Crippen LogP contribution < -0.4 is 10.0 Å². The normalized spacial score (nSPS) is 20.5. The fourth-order valence-electron chi connectivity index (χ4n) is 1.45. The molecule has 0 aromatic rings. The predicted molar refractivity (Wildman–Crippen MR) is 48.9 cm³/mol. The van der Waals surface area contributed by atoms with E-state index in [2.05, 4.69) is 10.0 Å². The van der Waals surface area contributed by atoms with Crippen LogP contribution in [0.1, 0.15) is 12.8 Å². The quantitative estimate of drug-likeness (QED) is 0.749. The van der Waals surface area contributed by atoms with Crippen molar-refractivity contribution in [1.82, 2.24) is 10.0 Å². The summed E-state index contributed by atoms with van der Waals surface area (Å²) in [6.07, 6.45) is -3.63. The van der Waals surface area contributed by atoms with Gasteiger partial charge in [-0.2, -0.15) is 13.2 Å². The topological polar surface area (TPSA) is 58.2 Å². The summed E-state index contributed by atoms with van der Waals surface area (Å²) in [6.45, 7) is 1.25. The van der Waals surface area contributed by atoms with Crippen molar-refractivity contribution in [2.24, 2.45) is 0 Å². The minimum atomic E-state index is -4.68. The second-order valence-electron chi connectivity index (χ2n) is 3.52. The molecule has 0 bridgehead atoms. The van der Waals surface area contributed by atoms with E-state index in [4.69, 9.17) is 0 Å². The highest BCUT2D eigenvalue weighted by Crippen LogP contribution is 2.17. The van der Waals surface area contributed by atoms with Crippen LogP contribution in [0.5, 0.6) is 0 Å². The van der Waals surface area contributed by atoms with Crippen molar-refractivity contribution in [2.75, 3.05) is 18.8 Å². The van der Waals surface area contributed by atoms with Gasteiger partial charge in [0.15, 0.2) is 5.75 Å². The Morgan fingerprint density at radius 3 is 2.27 bits per heavy atom. The molecule has 0 radical (unpaired) electrons. The molecule has 15 heavy (non-hydrogen) atoms. The molecule has 1 aliphatic rings. The summed E-state index contributed by atoms with van der Waals surface area (Å²) in [5.41, 5.74) is 0. The lowest BCUT2D eigenvalue weighted by atomic mass is 10.1. The maximum Gasteiger partial charge on any atom is 0.404 e. The molecule has 4 nitrogen and oxygen atoms in total. The van der Waals surface area contributed by atoms with E-state index in [1.54, 1.807) is 0 Å². The van der Waals surface area contributed by atoms with Gasteiger partial charge >= 0.3 is 6.18 Å². The molecule has 2 N–H and O–H groups in total. The first-order valence-corrected chi connectivity index (χ1v) is 6.21. The number of sulfonamides is 1. The van der Waals surface area contributed by atoms with Crippen molar-refractivity contribution in [1.29, 1.82) is 0 Å². The Morgan fingerprint density at radius 2 is 1.80 bits per heavy atom. The van der Waals surface area contributed by atoms with Crippen LogP contribution in [0.4, 0.5) is 13.2 Å². The molecule has 0 saturated carbocycles. The first-order chi connectivity index (χ1) is 6.79. The molecule has 0 atom stereocenters. The molecule has 1 fully saturated rings. The summed E-state index contributed by atoms with van der Waals surface area (Å²) in [5, 5.41) is 2.99. The molecule has 90 valence electrons. The van der Waals surface area contributed by atoms with Crippen LogP contribution in [0.15, 0.2) is 0 Å². The monoisotopic (exact) mass is 246 g/mol. The molecular formula is C7H13F3N2O2S. The van der Waals surface area contributed by atoms with Crippen LogP contribution in [0, 0.1) is 0 Å². The Morgan fingerprint density at radius 1 is 1.27 bits per heavy atom. The minimum Gasteiger partial charge on any atom is -0.317 e. The van der Waals surface area contributed by atoms with Crippen molar-refractivity contribution >= 4 is 10.0 Å². The highest BCUT2D eigenvalue weighted by Gasteiger charge is 2.36. The van der Waals surface area contributed by atoms with E-state index in [1.165, 1.54) is 0 Å². The molecule has 0 amide bonds. The van der Waals surface area contributed by atoms with E-state index in [1.807, 2.05) is 0 Å². The summed E-state index contributed by atoms with van der Waals surface area (Å²) in [4.78, 5) is 0. The third kappa shape index (κ3) is 5.33. The predicted octanol–water partition coefficient (Wildman–Crippen LogP) is 0.220. The standard InChI is InChI=1S/C7H13F3N2O2S/c8-7(9,10)5-15(13,14)12-6-1-3-11-4-2-6/h6,11-12H,1-5H2. The maximum atomic E-state index is 11.9. The number of rotatable bonds is 3. The number of hydrogen-bond acceptors (Lipinski definition) is 3. The van der Waals surface area contributed by atoms with Crippen molar-refractivity contribution in [3.63, 3.8) is 0 Å². The Bertz CT molecular complexity index is 296. The van der Waals surface area contributed by atoms with Crippen LogP contribution >= 0.6 is 0 Å². The second kappa shape index (κ2) is 4.67. The summed E-state index contributed by atoms with van der Waals surface area (Å²) in [6, 6.07) is -0.376. The lowest BCUT2D eigenvalue weighted by Crippen LogP contribution is -2.45. The van der Waals surface area contributed by atoms with Crippen molar-refractivity contribution in [3.8, 4) is 0 Å². The van der Waals surface area contributed by atoms with Gasteiger partial charge in [0, 0.05) is 6.04 Å². The van der Waals surface area contributed by atoms with E-state index in [-0.39, 0.29) is 6.04 Å². The summed E-state index contributed by atoms with van der Waals surface area (Å²) < 4.78 is 59.8. The molecule has 0 aromatic carbocycles. The molecule has 8 heteroatoms. The zero-order valence-corrected chi connectivity index (χ0v) is 8.79. The van der Waals surface area contributed by atoms with Gasteiger partial charge in [-0.15, -0.1) is 0 Å². The van der Waals surface area contributed by atoms with Gasteiger partial charge in [0.2, 0.25) is 10.0 Å². The number of halogens is 3. The Balaban J connectivity index is 2.48. The minimum absolute atomic E-state index is 0.376. The molecule has 0 aliphatic carbocycles. The molecular weight excluding hydrogens is 233 g/mol. The molecule has 0 spiro atoms.